The fourth-order valence-electron chi connectivity index (χ4n) is 2.62. The van der Waals surface area contributed by atoms with Gasteiger partial charge in [0.25, 0.3) is 0 Å². The Labute approximate surface area is 82.9 Å². The molecule has 4 heteroatoms. The molecule has 80 valence electrons. The lowest BCUT2D eigenvalue weighted by atomic mass is 9.51. The zero-order valence-electron chi connectivity index (χ0n) is 8.41. The maximum atomic E-state index is 10.9. The van der Waals surface area contributed by atoms with E-state index in [0.29, 0.717) is 12.8 Å². The van der Waals surface area contributed by atoms with Gasteiger partial charge in [-0.1, -0.05) is 20.3 Å². The summed E-state index contributed by atoms with van der Waals surface area (Å²) in [6.07, 6.45) is 1.13. The lowest BCUT2D eigenvalue weighted by molar-refractivity contribution is -0.342. The fraction of sp³-hybridized carbons (Fsp3) is 0.800. The molecule has 0 aliphatic heterocycles. The van der Waals surface area contributed by atoms with Crippen molar-refractivity contribution in [2.75, 3.05) is 0 Å². The summed E-state index contributed by atoms with van der Waals surface area (Å²) in [5.41, 5.74) is -0.931. The van der Waals surface area contributed by atoms with Crippen molar-refractivity contribution in [2.45, 2.75) is 33.1 Å². The van der Waals surface area contributed by atoms with Gasteiger partial charge in [0.1, 0.15) is 0 Å². The topological polar surface area (TPSA) is 80.3 Å². The van der Waals surface area contributed by atoms with Crippen molar-refractivity contribution in [2.24, 2.45) is 17.3 Å². The molecule has 1 fully saturated rings. The van der Waals surface area contributed by atoms with Crippen LogP contribution in [0.5, 0.6) is 0 Å². The molecule has 0 heterocycles. The highest BCUT2D eigenvalue weighted by Gasteiger charge is 2.52. The van der Waals surface area contributed by atoms with Gasteiger partial charge >= 0.3 is 0 Å². The third-order valence-electron chi connectivity index (χ3n) is 3.56. The van der Waals surface area contributed by atoms with E-state index in [1.807, 2.05) is 0 Å². The molecular formula is C10H14O4-2. The van der Waals surface area contributed by atoms with E-state index in [2.05, 4.69) is 0 Å². The van der Waals surface area contributed by atoms with Gasteiger partial charge in [-0.3, -0.25) is 0 Å². The Morgan fingerprint density at radius 2 is 1.93 bits per heavy atom. The maximum absolute atomic E-state index is 10.9. The van der Waals surface area contributed by atoms with Crippen molar-refractivity contribution in [1.82, 2.24) is 0 Å². The second-order valence-electron chi connectivity index (χ2n) is 3.94. The molecule has 1 aliphatic rings. The predicted octanol–water partition coefficient (Wildman–Crippen LogP) is -1.07. The summed E-state index contributed by atoms with van der Waals surface area (Å²) in [5, 5.41) is 21.6. The average Bonchev–Trinajstić information content (AvgIpc) is 2.03. The van der Waals surface area contributed by atoms with E-state index in [1.165, 1.54) is 0 Å². The Kier molecular flexibility index (Phi) is 2.83. The van der Waals surface area contributed by atoms with Gasteiger partial charge in [-0.25, -0.2) is 0 Å². The molecule has 0 amide bonds. The van der Waals surface area contributed by atoms with E-state index in [0.717, 1.165) is 0 Å². The standard InChI is InChI=1S/C10H16O4/c1-3-7-6(8(11)12)5-10(7,4-2)9(13)14/h6-7H,3-5H2,1-2H3,(H,11,12)(H,13,14)/p-2. The third kappa shape index (κ3) is 1.29. The van der Waals surface area contributed by atoms with Crippen molar-refractivity contribution in [3.8, 4) is 0 Å². The Balaban J connectivity index is 2.85. The molecule has 3 atom stereocenters. The molecule has 1 aliphatic carbocycles. The number of carbonyl (C=O) groups excluding carboxylic acids is 2. The summed E-state index contributed by atoms with van der Waals surface area (Å²) in [6.45, 7) is 3.55. The Hall–Kier alpha value is -1.06. The third-order valence-corrected chi connectivity index (χ3v) is 3.56. The molecule has 0 aromatic rings. The molecule has 0 aromatic carbocycles. The first kappa shape index (κ1) is 11.0. The van der Waals surface area contributed by atoms with E-state index < -0.39 is 23.3 Å². The molecule has 0 bridgehead atoms. The number of carboxylic acid groups (broad SMARTS) is 2. The van der Waals surface area contributed by atoms with Gasteiger partial charge in [0.15, 0.2) is 0 Å². The first-order valence-corrected chi connectivity index (χ1v) is 4.91. The SMILES string of the molecule is CCC1C(C(=O)[O-])CC1(CC)C(=O)[O-]. The van der Waals surface area contributed by atoms with Gasteiger partial charge in [0.2, 0.25) is 0 Å². The van der Waals surface area contributed by atoms with Gasteiger partial charge in [-0.2, -0.15) is 0 Å². The molecule has 0 aromatic heterocycles. The molecular weight excluding hydrogens is 184 g/mol. The Morgan fingerprint density at radius 3 is 2.21 bits per heavy atom. The minimum absolute atomic E-state index is 0.159. The predicted molar refractivity (Wildman–Crippen MR) is 44.6 cm³/mol. The van der Waals surface area contributed by atoms with Crippen LogP contribution in [-0.4, -0.2) is 11.9 Å². The normalized spacial score (nSPS) is 36.1. The van der Waals surface area contributed by atoms with Crippen LogP contribution < -0.4 is 10.2 Å². The Morgan fingerprint density at radius 1 is 1.36 bits per heavy atom. The first-order valence-electron chi connectivity index (χ1n) is 4.91. The Bertz CT molecular complexity index is 261. The van der Waals surface area contributed by atoms with Crippen LogP contribution >= 0.6 is 0 Å². The van der Waals surface area contributed by atoms with Crippen molar-refractivity contribution in [3.63, 3.8) is 0 Å². The quantitative estimate of drug-likeness (QED) is 0.576. The lowest BCUT2D eigenvalue weighted by Crippen LogP contribution is -2.61. The molecule has 0 saturated heterocycles. The number of rotatable bonds is 4. The van der Waals surface area contributed by atoms with Crippen molar-refractivity contribution in [1.29, 1.82) is 0 Å². The minimum atomic E-state index is -1.14. The van der Waals surface area contributed by atoms with E-state index >= 15 is 0 Å². The summed E-state index contributed by atoms with van der Waals surface area (Å²) < 4.78 is 0. The van der Waals surface area contributed by atoms with Gasteiger partial charge in [0, 0.05) is 23.3 Å². The highest BCUT2D eigenvalue weighted by molar-refractivity contribution is 5.80. The van der Waals surface area contributed by atoms with Crippen LogP contribution in [0.3, 0.4) is 0 Å². The molecule has 1 rings (SSSR count). The van der Waals surface area contributed by atoms with E-state index in [1.54, 1.807) is 13.8 Å². The van der Waals surface area contributed by atoms with Crippen LogP contribution in [0.4, 0.5) is 0 Å². The van der Waals surface area contributed by atoms with E-state index in [4.69, 9.17) is 0 Å². The number of hydrogen-bond acceptors (Lipinski definition) is 4. The molecule has 14 heavy (non-hydrogen) atoms. The van der Waals surface area contributed by atoms with Crippen LogP contribution in [0.15, 0.2) is 0 Å². The van der Waals surface area contributed by atoms with Gasteiger partial charge in [-0.15, -0.1) is 0 Å². The molecule has 0 N–H and O–H groups in total. The smallest absolute Gasteiger partial charge is 0.0479 e. The lowest BCUT2D eigenvalue weighted by Gasteiger charge is -2.56. The van der Waals surface area contributed by atoms with Gasteiger partial charge < -0.3 is 19.8 Å². The summed E-state index contributed by atoms with van der Waals surface area (Å²) in [5.74, 6) is -3.20. The highest BCUT2D eigenvalue weighted by atomic mass is 16.4. The summed E-state index contributed by atoms with van der Waals surface area (Å²) in [7, 11) is 0. The summed E-state index contributed by atoms with van der Waals surface area (Å²) >= 11 is 0. The summed E-state index contributed by atoms with van der Waals surface area (Å²) in [4.78, 5) is 21.6. The molecule has 0 spiro atoms. The molecule has 3 unspecified atom stereocenters. The average molecular weight is 198 g/mol. The van der Waals surface area contributed by atoms with Crippen molar-refractivity contribution >= 4 is 11.9 Å². The van der Waals surface area contributed by atoms with Gasteiger partial charge in [0.05, 0.1) is 0 Å². The van der Waals surface area contributed by atoms with Crippen LogP contribution in [0.25, 0.3) is 0 Å². The van der Waals surface area contributed by atoms with E-state index in [9.17, 15) is 19.8 Å². The van der Waals surface area contributed by atoms with E-state index in [-0.39, 0.29) is 12.3 Å². The van der Waals surface area contributed by atoms with Crippen LogP contribution in [0.2, 0.25) is 0 Å². The molecule has 0 radical (unpaired) electrons. The second-order valence-corrected chi connectivity index (χ2v) is 3.94. The number of hydrogen-bond donors (Lipinski definition) is 0. The maximum Gasteiger partial charge on any atom is 0.0479 e. The molecule has 4 nitrogen and oxygen atoms in total. The first-order chi connectivity index (χ1) is 6.49. The monoisotopic (exact) mass is 198 g/mol. The zero-order chi connectivity index (χ0) is 10.9. The number of carbonyl (C=O) groups is 2. The van der Waals surface area contributed by atoms with Gasteiger partial charge in [-0.05, 0) is 18.8 Å². The van der Waals surface area contributed by atoms with Crippen LogP contribution in [-0.2, 0) is 9.59 Å². The van der Waals surface area contributed by atoms with Crippen LogP contribution in [0.1, 0.15) is 33.1 Å². The minimum Gasteiger partial charge on any atom is -0.550 e. The van der Waals surface area contributed by atoms with Crippen LogP contribution in [0, 0.1) is 17.3 Å². The number of carboxylic acids is 2. The second kappa shape index (κ2) is 3.59. The fourth-order valence-corrected chi connectivity index (χ4v) is 2.62. The largest absolute Gasteiger partial charge is 0.550 e. The van der Waals surface area contributed by atoms with Crippen molar-refractivity contribution < 1.29 is 19.8 Å². The summed E-state index contributed by atoms with van der Waals surface area (Å²) in [6, 6.07) is 0. The highest BCUT2D eigenvalue weighted by Crippen LogP contribution is 2.54. The zero-order valence-corrected chi connectivity index (χ0v) is 8.41. The molecule has 1 saturated carbocycles. The van der Waals surface area contributed by atoms with Crippen molar-refractivity contribution in [3.05, 3.63) is 0 Å². The number of aliphatic carboxylic acids is 2.